The summed E-state index contributed by atoms with van der Waals surface area (Å²) in [6.45, 7) is 6.25. The van der Waals surface area contributed by atoms with E-state index in [1.807, 2.05) is 31.2 Å². The summed E-state index contributed by atoms with van der Waals surface area (Å²) >= 11 is 0. The van der Waals surface area contributed by atoms with Gasteiger partial charge in [0, 0.05) is 5.69 Å². The second-order valence-electron chi connectivity index (χ2n) is 5.71. The van der Waals surface area contributed by atoms with E-state index < -0.39 is 10.0 Å². The lowest BCUT2D eigenvalue weighted by Crippen LogP contribution is -2.13. The predicted molar refractivity (Wildman–Crippen MR) is 87.0 cm³/mol. The van der Waals surface area contributed by atoms with Gasteiger partial charge in [-0.2, -0.15) is 0 Å². The van der Waals surface area contributed by atoms with Crippen LogP contribution in [-0.4, -0.2) is 8.42 Å². The topological polar surface area (TPSA) is 46.2 Å². The molecule has 0 aliphatic carbocycles. The lowest BCUT2D eigenvalue weighted by Gasteiger charge is -2.10. The minimum absolute atomic E-state index is 0.288. The summed E-state index contributed by atoms with van der Waals surface area (Å²) in [6.07, 6.45) is 0.950. The molecule has 2 aromatic rings. The number of nitrogens with one attached hydrogen (secondary N) is 1. The molecule has 0 aliphatic rings. The van der Waals surface area contributed by atoms with E-state index in [2.05, 4.69) is 18.6 Å². The van der Waals surface area contributed by atoms with Crippen molar-refractivity contribution in [1.29, 1.82) is 0 Å². The molecule has 0 aromatic heterocycles. The second-order valence-corrected chi connectivity index (χ2v) is 7.40. The van der Waals surface area contributed by atoms with Gasteiger partial charge in [0.05, 0.1) is 4.90 Å². The van der Waals surface area contributed by atoms with Gasteiger partial charge in [0.1, 0.15) is 0 Å². The van der Waals surface area contributed by atoms with Crippen LogP contribution >= 0.6 is 0 Å². The summed E-state index contributed by atoms with van der Waals surface area (Å²) in [5, 5.41) is 0. The lowest BCUT2D eigenvalue weighted by atomic mass is 10.0. The molecule has 0 atom stereocenters. The third-order valence-electron chi connectivity index (χ3n) is 3.18. The van der Waals surface area contributed by atoms with Crippen LogP contribution in [0.4, 0.5) is 5.69 Å². The highest BCUT2D eigenvalue weighted by Gasteiger charge is 2.14. The van der Waals surface area contributed by atoms with Crippen LogP contribution in [-0.2, 0) is 16.4 Å². The molecule has 3 nitrogen and oxygen atoms in total. The Morgan fingerprint density at radius 3 is 2.05 bits per heavy atom. The predicted octanol–water partition coefficient (Wildman–Crippen LogP) is 3.99. The van der Waals surface area contributed by atoms with Gasteiger partial charge >= 0.3 is 0 Å². The Morgan fingerprint density at radius 1 is 0.952 bits per heavy atom. The molecule has 1 N–H and O–H groups in total. The Kier molecular flexibility index (Phi) is 4.68. The van der Waals surface area contributed by atoms with Crippen LogP contribution in [0.2, 0.25) is 0 Å². The van der Waals surface area contributed by atoms with Crippen LogP contribution in [0.1, 0.15) is 25.0 Å². The fourth-order valence-electron chi connectivity index (χ4n) is 2.11. The van der Waals surface area contributed by atoms with Crippen molar-refractivity contribution < 1.29 is 8.42 Å². The van der Waals surface area contributed by atoms with Crippen molar-refractivity contribution in [2.45, 2.75) is 32.1 Å². The van der Waals surface area contributed by atoms with Crippen molar-refractivity contribution in [3.05, 3.63) is 59.7 Å². The van der Waals surface area contributed by atoms with Gasteiger partial charge in [-0.1, -0.05) is 43.7 Å². The van der Waals surface area contributed by atoms with Crippen molar-refractivity contribution in [1.82, 2.24) is 0 Å². The Labute approximate surface area is 127 Å². The normalized spacial score (nSPS) is 11.6. The highest BCUT2D eigenvalue weighted by molar-refractivity contribution is 7.92. The van der Waals surface area contributed by atoms with Crippen molar-refractivity contribution in [3.8, 4) is 0 Å². The number of aryl methyl sites for hydroxylation is 1. The maximum absolute atomic E-state index is 12.3. The first-order valence-corrected chi connectivity index (χ1v) is 8.53. The molecule has 0 unspecified atom stereocenters. The van der Waals surface area contributed by atoms with Gasteiger partial charge in [-0.25, -0.2) is 8.42 Å². The Hall–Kier alpha value is -1.81. The second kappa shape index (κ2) is 6.31. The van der Waals surface area contributed by atoms with Gasteiger partial charge in [-0.15, -0.1) is 0 Å². The first-order chi connectivity index (χ1) is 9.87. The molecular weight excluding hydrogens is 282 g/mol. The number of hydrogen-bond acceptors (Lipinski definition) is 2. The van der Waals surface area contributed by atoms with Crippen LogP contribution in [0.3, 0.4) is 0 Å². The first kappa shape index (κ1) is 15.6. The van der Waals surface area contributed by atoms with Crippen LogP contribution < -0.4 is 4.72 Å². The third kappa shape index (κ3) is 4.33. The highest BCUT2D eigenvalue weighted by Crippen LogP contribution is 2.18. The van der Waals surface area contributed by atoms with Crippen LogP contribution in [0.15, 0.2) is 53.4 Å². The summed E-state index contributed by atoms with van der Waals surface area (Å²) in [5.41, 5.74) is 2.82. The van der Waals surface area contributed by atoms with E-state index in [-0.39, 0.29) is 4.90 Å². The number of hydrogen-bond donors (Lipinski definition) is 1. The molecule has 112 valence electrons. The number of benzene rings is 2. The Balaban J connectivity index is 2.17. The minimum Gasteiger partial charge on any atom is -0.280 e. The lowest BCUT2D eigenvalue weighted by molar-refractivity contribution is 0.601. The van der Waals surface area contributed by atoms with Gasteiger partial charge < -0.3 is 0 Å². The molecule has 4 heteroatoms. The zero-order chi connectivity index (χ0) is 15.5. The first-order valence-electron chi connectivity index (χ1n) is 7.05. The third-order valence-corrected chi connectivity index (χ3v) is 4.58. The monoisotopic (exact) mass is 303 g/mol. The van der Waals surface area contributed by atoms with E-state index >= 15 is 0 Å². The summed E-state index contributed by atoms with van der Waals surface area (Å²) < 4.78 is 27.2. The molecule has 2 aromatic carbocycles. The fraction of sp³-hybridized carbons (Fsp3) is 0.294. The summed E-state index contributed by atoms with van der Waals surface area (Å²) in [5.74, 6) is 0.554. The van der Waals surface area contributed by atoms with Gasteiger partial charge in [-0.05, 0) is 49.1 Å². The van der Waals surface area contributed by atoms with Crippen LogP contribution in [0.25, 0.3) is 0 Å². The molecule has 0 heterocycles. The van der Waals surface area contributed by atoms with E-state index in [0.29, 0.717) is 11.6 Å². The van der Waals surface area contributed by atoms with Crippen molar-refractivity contribution in [3.63, 3.8) is 0 Å². The average molecular weight is 303 g/mol. The van der Waals surface area contributed by atoms with Crippen molar-refractivity contribution in [2.24, 2.45) is 5.92 Å². The van der Waals surface area contributed by atoms with Crippen molar-refractivity contribution >= 4 is 15.7 Å². The molecule has 0 saturated carbocycles. The van der Waals surface area contributed by atoms with E-state index in [1.54, 1.807) is 24.3 Å². The van der Waals surface area contributed by atoms with Crippen LogP contribution in [0.5, 0.6) is 0 Å². The number of anilines is 1. The van der Waals surface area contributed by atoms with E-state index in [4.69, 9.17) is 0 Å². The smallest absolute Gasteiger partial charge is 0.261 e. The molecule has 0 fully saturated rings. The average Bonchev–Trinajstić information content (AvgIpc) is 2.41. The fourth-order valence-corrected chi connectivity index (χ4v) is 3.17. The van der Waals surface area contributed by atoms with E-state index in [9.17, 15) is 8.42 Å². The molecule has 0 aliphatic heterocycles. The van der Waals surface area contributed by atoms with Gasteiger partial charge in [0.25, 0.3) is 10.0 Å². The number of rotatable bonds is 5. The summed E-state index contributed by atoms with van der Waals surface area (Å²) in [4.78, 5) is 0.288. The van der Waals surface area contributed by atoms with E-state index in [1.165, 1.54) is 0 Å². The SMILES string of the molecule is Cc1ccc(NS(=O)(=O)c2ccc(CC(C)C)cc2)cc1. The maximum atomic E-state index is 12.3. The molecule has 0 amide bonds. The van der Waals surface area contributed by atoms with Crippen LogP contribution in [0, 0.1) is 12.8 Å². The molecular formula is C17H21NO2S. The number of sulfonamides is 1. The van der Waals surface area contributed by atoms with Crippen molar-refractivity contribution in [2.75, 3.05) is 4.72 Å². The van der Waals surface area contributed by atoms with Gasteiger partial charge in [0.15, 0.2) is 0 Å². The quantitative estimate of drug-likeness (QED) is 0.907. The van der Waals surface area contributed by atoms with Gasteiger partial charge in [-0.3, -0.25) is 4.72 Å². The summed E-state index contributed by atoms with van der Waals surface area (Å²) in [7, 11) is -3.52. The largest absolute Gasteiger partial charge is 0.280 e. The Morgan fingerprint density at radius 2 is 1.52 bits per heavy atom. The molecule has 21 heavy (non-hydrogen) atoms. The standard InChI is InChI=1S/C17H21NO2S/c1-13(2)12-15-6-10-17(11-7-15)21(19,20)18-16-8-4-14(3)5-9-16/h4-11,13,18H,12H2,1-3H3. The molecule has 0 bridgehead atoms. The highest BCUT2D eigenvalue weighted by atomic mass is 32.2. The molecule has 0 radical (unpaired) electrons. The molecule has 2 rings (SSSR count). The summed E-state index contributed by atoms with van der Waals surface area (Å²) in [6, 6.07) is 14.4. The maximum Gasteiger partial charge on any atom is 0.261 e. The zero-order valence-corrected chi connectivity index (χ0v) is 13.4. The zero-order valence-electron chi connectivity index (χ0n) is 12.6. The van der Waals surface area contributed by atoms with Gasteiger partial charge in [0.2, 0.25) is 0 Å². The molecule has 0 saturated heterocycles. The Bertz CT molecular complexity index is 687. The minimum atomic E-state index is -3.52. The molecule has 0 spiro atoms. The van der Waals surface area contributed by atoms with E-state index in [0.717, 1.165) is 17.5 Å².